The van der Waals surface area contributed by atoms with E-state index in [2.05, 4.69) is 13.5 Å². The quantitative estimate of drug-likeness (QED) is 0.149. The molecule has 1 aromatic heterocycles. The second-order valence-electron chi connectivity index (χ2n) is 8.94. The maximum atomic E-state index is 13.9. The van der Waals surface area contributed by atoms with Crippen molar-refractivity contribution in [2.45, 2.75) is 52.6 Å². The van der Waals surface area contributed by atoms with Crippen molar-refractivity contribution < 1.29 is 27.4 Å². The number of alkyl halides is 3. The fourth-order valence-electron chi connectivity index (χ4n) is 3.64. The van der Waals surface area contributed by atoms with E-state index in [4.69, 9.17) is 9.47 Å². The lowest BCUT2D eigenvalue weighted by Crippen LogP contribution is -2.18. The molecular weight excluding hydrogens is 473 g/mol. The first kappa shape index (κ1) is 26.8. The molecular formula is C28H31F3O3S. The molecule has 0 fully saturated rings. The molecule has 3 aromatic rings. The monoisotopic (exact) mass is 504 g/mol. The van der Waals surface area contributed by atoms with Gasteiger partial charge in [0.25, 0.3) is 0 Å². The fourth-order valence-corrected chi connectivity index (χ4v) is 4.77. The van der Waals surface area contributed by atoms with Crippen LogP contribution in [0.5, 0.6) is 5.75 Å². The van der Waals surface area contributed by atoms with E-state index in [1.165, 1.54) is 17.4 Å². The van der Waals surface area contributed by atoms with Crippen molar-refractivity contribution in [1.29, 1.82) is 0 Å². The molecule has 3 nitrogen and oxygen atoms in total. The first-order valence-electron chi connectivity index (χ1n) is 11.8. The summed E-state index contributed by atoms with van der Waals surface area (Å²) in [7, 11) is 0. The maximum Gasteiger partial charge on any atom is 0.417 e. The summed E-state index contributed by atoms with van der Waals surface area (Å²) in [6.45, 7) is 9.67. The van der Waals surface area contributed by atoms with Gasteiger partial charge in [-0.25, -0.2) is 4.79 Å². The Kier molecular flexibility index (Phi) is 9.00. The van der Waals surface area contributed by atoms with Gasteiger partial charge in [-0.3, -0.25) is 0 Å². The van der Waals surface area contributed by atoms with Crippen LogP contribution in [-0.4, -0.2) is 19.2 Å². The highest BCUT2D eigenvalue weighted by Crippen LogP contribution is 2.42. The fraction of sp³-hybridized carbons (Fsp3) is 0.393. The van der Waals surface area contributed by atoms with Gasteiger partial charge in [0.2, 0.25) is 0 Å². The highest BCUT2D eigenvalue weighted by molar-refractivity contribution is 7.22. The molecule has 0 aliphatic carbocycles. The van der Waals surface area contributed by atoms with E-state index in [-0.39, 0.29) is 18.1 Å². The largest absolute Gasteiger partial charge is 0.493 e. The predicted octanol–water partition coefficient (Wildman–Crippen LogP) is 8.45. The number of hydrogen-bond acceptors (Lipinski definition) is 4. The van der Waals surface area contributed by atoms with Crippen molar-refractivity contribution >= 4 is 27.4 Å². The van der Waals surface area contributed by atoms with Crippen LogP contribution >= 0.6 is 11.3 Å². The van der Waals surface area contributed by atoms with Gasteiger partial charge in [-0.2, -0.15) is 13.2 Å². The molecule has 0 saturated carbocycles. The maximum absolute atomic E-state index is 13.9. The summed E-state index contributed by atoms with van der Waals surface area (Å²) < 4.78 is 53.5. The van der Waals surface area contributed by atoms with Crippen molar-refractivity contribution in [3.05, 3.63) is 65.7 Å². The molecule has 0 aliphatic heterocycles. The van der Waals surface area contributed by atoms with Gasteiger partial charge in [0.1, 0.15) is 5.75 Å². The number of ether oxygens (including phenoxy) is 2. The number of fused-ring (bicyclic) bond motifs is 1. The van der Waals surface area contributed by atoms with E-state index in [1.54, 1.807) is 31.2 Å². The first-order chi connectivity index (χ1) is 16.6. The van der Waals surface area contributed by atoms with E-state index in [9.17, 15) is 18.0 Å². The number of hydrogen-bond donors (Lipinski definition) is 0. The zero-order valence-electron chi connectivity index (χ0n) is 20.3. The molecule has 1 heterocycles. The molecule has 1 unspecified atom stereocenters. The van der Waals surface area contributed by atoms with Gasteiger partial charge < -0.3 is 9.47 Å². The lowest BCUT2D eigenvalue weighted by Gasteiger charge is -2.14. The Morgan fingerprint density at radius 1 is 1.09 bits per heavy atom. The molecule has 0 aliphatic rings. The Labute approximate surface area is 208 Å². The topological polar surface area (TPSA) is 35.5 Å². The Morgan fingerprint density at radius 2 is 1.86 bits per heavy atom. The normalized spacial score (nSPS) is 12.5. The second kappa shape index (κ2) is 11.8. The molecule has 0 amide bonds. The number of aryl methyl sites for hydroxylation is 1. The minimum Gasteiger partial charge on any atom is -0.493 e. The average molecular weight is 505 g/mol. The van der Waals surface area contributed by atoms with Gasteiger partial charge in [0.15, 0.2) is 0 Å². The van der Waals surface area contributed by atoms with Crippen molar-refractivity contribution in [2.24, 2.45) is 5.92 Å². The Balaban J connectivity index is 1.76. The number of unbranched alkanes of at least 4 members (excludes halogenated alkanes) is 2. The third-order valence-electron chi connectivity index (χ3n) is 5.60. The summed E-state index contributed by atoms with van der Waals surface area (Å²) in [6.07, 6.45) is -0.867. The van der Waals surface area contributed by atoms with E-state index in [1.807, 2.05) is 19.1 Å². The minimum absolute atomic E-state index is 0.0296. The molecule has 35 heavy (non-hydrogen) atoms. The van der Waals surface area contributed by atoms with E-state index < -0.39 is 17.7 Å². The van der Waals surface area contributed by atoms with Gasteiger partial charge >= 0.3 is 12.1 Å². The summed E-state index contributed by atoms with van der Waals surface area (Å²) in [5.41, 5.74) is 0.673. The van der Waals surface area contributed by atoms with Gasteiger partial charge in [-0.05, 0) is 61.0 Å². The molecule has 1 atom stereocenters. The molecule has 2 aromatic carbocycles. The number of rotatable bonds is 11. The zero-order valence-corrected chi connectivity index (χ0v) is 21.2. The smallest absolute Gasteiger partial charge is 0.417 e. The van der Waals surface area contributed by atoms with Gasteiger partial charge in [-0.1, -0.05) is 45.4 Å². The Morgan fingerprint density at radius 3 is 2.54 bits per heavy atom. The van der Waals surface area contributed by atoms with Crippen molar-refractivity contribution in [2.75, 3.05) is 13.2 Å². The van der Waals surface area contributed by atoms with E-state index >= 15 is 0 Å². The number of carbonyl (C=O) groups is 1. The van der Waals surface area contributed by atoms with Gasteiger partial charge in [0, 0.05) is 26.6 Å². The average Bonchev–Trinajstić information content (AvgIpc) is 3.24. The summed E-state index contributed by atoms with van der Waals surface area (Å²) in [4.78, 5) is 12.1. The van der Waals surface area contributed by atoms with Crippen molar-refractivity contribution in [3.63, 3.8) is 0 Å². The highest BCUT2D eigenvalue weighted by atomic mass is 32.1. The molecule has 7 heteroatoms. The van der Waals surface area contributed by atoms with Crippen LogP contribution in [-0.2, 0) is 22.1 Å². The Bertz CT molecular complexity index is 1180. The van der Waals surface area contributed by atoms with Crippen LogP contribution in [0.15, 0.2) is 54.6 Å². The van der Waals surface area contributed by atoms with Crippen LogP contribution in [0.25, 0.3) is 20.5 Å². The van der Waals surface area contributed by atoms with Crippen molar-refractivity contribution in [1.82, 2.24) is 0 Å². The number of esters is 1. The summed E-state index contributed by atoms with van der Waals surface area (Å²) in [5, 5.41) is 0.862. The summed E-state index contributed by atoms with van der Waals surface area (Å²) >= 11 is 1.31. The number of thiophene rings is 1. The van der Waals surface area contributed by atoms with E-state index in [0.29, 0.717) is 29.2 Å². The van der Waals surface area contributed by atoms with Crippen LogP contribution in [0.4, 0.5) is 13.2 Å². The Hall–Kier alpha value is -2.80. The number of carbonyl (C=O) groups excluding carboxylic acids is 1. The molecule has 0 N–H and O–H groups in total. The van der Waals surface area contributed by atoms with E-state index in [0.717, 1.165) is 34.9 Å². The van der Waals surface area contributed by atoms with Gasteiger partial charge in [0.05, 0.1) is 18.8 Å². The number of halogens is 3. The standard InChI is InChI=1S/C28H31F3O3S/c1-5-6-7-8-20-9-12-23(24(13-20)28(29,30)31)26-14-21-10-11-22(15-25(21)35-26)33-16-19(4)17-34-27(32)18(2)3/h9-15,19H,2,5-8,16-17H2,1,3-4H3. The minimum atomic E-state index is -4.43. The highest BCUT2D eigenvalue weighted by Gasteiger charge is 2.34. The van der Waals surface area contributed by atoms with Crippen LogP contribution in [0.1, 0.15) is 51.2 Å². The molecule has 3 rings (SSSR count). The summed E-state index contributed by atoms with van der Waals surface area (Å²) in [6, 6.07) is 12.0. The van der Waals surface area contributed by atoms with Crippen LogP contribution in [0.3, 0.4) is 0 Å². The number of benzene rings is 2. The molecule has 0 saturated heterocycles. The SMILES string of the molecule is C=C(C)C(=O)OCC(C)COc1ccc2cc(-c3ccc(CCCCC)cc3C(F)(F)F)sc2c1. The first-order valence-corrected chi connectivity index (χ1v) is 12.6. The zero-order chi connectivity index (χ0) is 25.6. The van der Waals surface area contributed by atoms with Crippen LogP contribution < -0.4 is 4.74 Å². The molecule has 0 spiro atoms. The molecule has 188 valence electrons. The summed E-state index contributed by atoms with van der Waals surface area (Å²) in [5.74, 6) is 0.154. The molecule has 0 bridgehead atoms. The third-order valence-corrected chi connectivity index (χ3v) is 6.73. The third kappa shape index (κ3) is 7.34. The van der Waals surface area contributed by atoms with Gasteiger partial charge in [-0.15, -0.1) is 11.3 Å². The van der Waals surface area contributed by atoms with Crippen molar-refractivity contribution in [3.8, 4) is 16.2 Å². The predicted molar refractivity (Wildman–Crippen MR) is 136 cm³/mol. The lowest BCUT2D eigenvalue weighted by molar-refractivity contribution is -0.140. The van der Waals surface area contributed by atoms with Crippen LogP contribution in [0.2, 0.25) is 0 Å². The second-order valence-corrected chi connectivity index (χ2v) is 10.0. The lowest BCUT2D eigenvalue weighted by atomic mass is 9.98. The van der Waals surface area contributed by atoms with Crippen LogP contribution in [0, 0.1) is 5.92 Å². The molecule has 0 radical (unpaired) electrons.